The molecule has 1 saturated heterocycles. The molecular formula is C36H50BF3N4O4. The number of ether oxygens (including phenoxy) is 2. The minimum absolute atomic E-state index is 0.0239. The minimum atomic E-state index is -4.65. The molecule has 0 saturated carbocycles. The van der Waals surface area contributed by atoms with Crippen LogP contribution in [-0.4, -0.2) is 54.3 Å². The molecular weight excluding hydrogens is 620 g/mol. The summed E-state index contributed by atoms with van der Waals surface area (Å²) in [5, 5.41) is 11.8. The molecule has 2 atom stereocenters. The number of nitriles is 1. The second kappa shape index (κ2) is 18.5. The molecule has 1 aromatic rings. The number of rotatable bonds is 14. The topological polar surface area (TPSA) is 96.2 Å². The standard InChI is InChI=1S/C36H50BF3N4O4/c1-10-26(6)32(30-16-13-20-44(30)33(37-47-23-41)43-34(45)48-35(7,8)9)42-29(11-2)27-17-18-31(28(22-27)36(38,39)40)46-21-19-25(5)15-12-14-24(3)4/h11,14,17-19,22,26,30H,10,12-13,15-16,20-21H2,1-9H3,(H,43,45)/b25-19+,29-11-,42-32?. The van der Waals surface area contributed by atoms with E-state index in [9.17, 15) is 18.0 Å². The van der Waals surface area contributed by atoms with Crippen molar-refractivity contribution in [2.45, 2.75) is 112 Å². The van der Waals surface area contributed by atoms with Crippen molar-refractivity contribution in [3.05, 3.63) is 58.7 Å². The van der Waals surface area contributed by atoms with E-state index in [2.05, 4.69) is 11.4 Å². The number of aliphatic imine (C=N–C) groups is 1. The average Bonchev–Trinajstić information content (AvgIpc) is 3.47. The molecule has 1 N–H and O–H groups in total. The number of carbonyl (C=O) groups excluding carboxylic acids is 1. The van der Waals surface area contributed by atoms with E-state index in [4.69, 9.17) is 24.4 Å². The quantitative estimate of drug-likeness (QED) is 0.0920. The fourth-order valence-electron chi connectivity index (χ4n) is 5.18. The van der Waals surface area contributed by atoms with E-state index in [0.717, 1.165) is 50.2 Å². The average molecular weight is 671 g/mol. The number of allylic oxidation sites excluding steroid dienone is 4. The second-order valence-electron chi connectivity index (χ2n) is 13.1. The van der Waals surface area contributed by atoms with Gasteiger partial charge in [-0.25, -0.2) is 0 Å². The van der Waals surface area contributed by atoms with Gasteiger partial charge in [0.25, 0.3) is 0 Å². The molecule has 0 aromatic heterocycles. The monoisotopic (exact) mass is 670 g/mol. The molecule has 2 rings (SSSR count). The van der Waals surface area contributed by atoms with Gasteiger partial charge in [0.2, 0.25) is 0 Å². The van der Waals surface area contributed by atoms with Gasteiger partial charge in [-0.05, 0) is 39.7 Å². The molecule has 0 bridgehead atoms. The van der Waals surface area contributed by atoms with E-state index >= 15 is 0 Å². The number of alkyl halides is 3. The van der Waals surface area contributed by atoms with Crippen LogP contribution >= 0.6 is 0 Å². The Labute approximate surface area is 284 Å². The van der Waals surface area contributed by atoms with Gasteiger partial charge in [0.1, 0.15) is 0 Å². The first-order valence-corrected chi connectivity index (χ1v) is 16.4. The molecule has 1 aliphatic rings. The van der Waals surface area contributed by atoms with Gasteiger partial charge in [-0.15, -0.1) is 0 Å². The SMILES string of the molecule is C/C=C(\N=C(C(C)CC)C1CCCN1C(=BOC#N)NC(=O)OC(C)(C)C)c1ccc(OC/C=C(\C)CCC=C(C)C)c(C(F)(F)F)c1. The molecule has 1 heterocycles. The summed E-state index contributed by atoms with van der Waals surface area (Å²) >= 11 is 0. The molecule has 1 fully saturated rings. The van der Waals surface area contributed by atoms with Crippen molar-refractivity contribution in [1.82, 2.24) is 10.2 Å². The van der Waals surface area contributed by atoms with E-state index < -0.39 is 23.4 Å². The number of likely N-dealkylation sites (tertiary alicyclic amines) is 1. The van der Waals surface area contributed by atoms with Crippen molar-refractivity contribution in [3.8, 4) is 12.0 Å². The van der Waals surface area contributed by atoms with Gasteiger partial charge in [-0.3, -0.25) is 0 Å². The van der Waals surface area contributed by atoms with Gasteiger partial charge in [0.05, 0.1) is 0 Å². The zero-order chi connectivity index (χ0) is 36.1. The normalized spacial score (nSPS) is 16.9. The van der Waals surface area contributed by atoms with Crippen molar-refractivity contribution < 1.29 is 32.1 Å². The van der Waals surface area contributed by atoms with Crippen LogP contribution in [0.4, 0.5) is 18.0 Å². The zero-order valence-corrected chi connectivity index (χ0v) is 29.8. The zero-order valence-electron chi connectivity index (χ0n) is 29.8. The number of halogens is 3. The summed E-state index contributed by atoms with van der Waals surface area (Å²) in [5.41, 5.74) is 2.27. The Morgan fingerprint density at radius 2 is 1.94 bits per heavy atom. The Hall–Kier alpha value is -4.01. The third-order valence-corrected chi connectivity index (χ3v) is 7.74. The van der Waals surface area contributed by atoms with Crippen molar-refractivity contribution in [1.29, 1.82) is 5.26 Å². The van der Waals surface area contributed by atoms with Crippen LogP contribution in [0.15, 0.2) is 52.6 Å². The molecule has 0 spiro atoms. The summed E-state index contributed by atoms with van der Waals surface area (Å²) < 4.78 is 58.9. The molecule has 12 heteroatoms. The summed E-state index contributed by atoms with van der Waals surface area (Å²) in [4.78, 5) is 19.5. The molecule has 1 aliphatic heterocycles. The predicted molar refractivity (Wildman–Crippen MR) is 186 cm³/mol. The Morgan fingerprint density at radius 1 is 1.23 bits per heavy atom. The fourth-order valence-corrected chi connectivity index (χ4v) is 5.18. The van der Waals surface area contributed by atoms with Gasteiger partial charge in [0.15, 0.2) is 0 Å². The molecule has 0 aliphatic carbocycles. The first-order valence-electron chi connectivity index (χ1n) is 16.4. The Balaban J connectivity index is 2.47. The van der Waals surface area contributed by atoms with Crippen LogP contribution in [0.25, 0.3) is 5.70 Å². The van der Waals surface area contributed by atoms with E-state index in [0.29, 0.717) is 24.2 Å². The number of amides is 1. The van der Waals surface area contributed by atoms with Crippen molar-refractivity contribution in [2.24, 2.45) is 10.9 Å². The maximum atomic E-state index is 14.3. The van der Waals surface area contributed by atoms with Crippen LogP contribution in [-0.2, 0) is 15.6 Å². The molecule has 1 aromatic carbocycles. The van der Waals surface area contributed by atoms with Gasteiger partial charge >= 0.3 is 228 Å². The number of hydrogen-bond donors (Lipinski definition) is 1. The van der Waals surface area contributed by atoms with Crippen LogP contribution in [0.1, 0.15) is 106 Å². The van der Waals surface area contributed by atoms with Crippen LogP contribution < -0.4 is 10.1 Å². The number of hydrogen-bond acceptors (Lipinski definition) is 7. The van der Waals surface area contributed by atoms with Gasteiger partial charge < -0.3 is 0 Å². The summed E-state index contributed by atoms with van der Waals surface area (Å²) in [6, 6.07) is 3.69. The number of nitrogens with zero attached hydrogens (tertiary/aromatic N) is 3. The van der Waals surface area contributed by atoms with E-state index in [-0.39, 0.29) is 30.0 Å². The van der Waals surface area contributed by atoms with E-state index in [1.54, 1.807) is 46.1 Å². The second-order valence-corrected chi connectivity index (χ2v) is 13.1. The van der Waals surface area contributed by atoms with Crippen molar-refractivity contribution in [2.75, 3.05) is 13.2 Å². The van der Waals surface area contributed by atoms with Gasteiger partial charge in [0, 0.05) is 0 Å². The van der Waals surface area contributed by atoms with Gasteiger partial charge in [-0.2, -0.15) is 0 Å². The van der Waals surface area contributed by atoms with Crippen LogP contribution in [0.2, 0.25) is 0 Å². The predicted octanol–water partition coefficient (Wildman–Crippen LogP) is 8.82. The number of benzene rings is 1. The molecule has 48 heavy (non-hydrogen) atoms. The molecule has 8 nitrogen and oxygen atoms in total. The summed E-state index contributed by atoms with van der Waals surface area (Å²) in [6.45, 7) is 17.5. The molecule has 0 radical (unpaired) electrons. The maximum absolute atomic E-state index is 14.3. The number of carbonyl (C=O) groups is 1. The van der Waals surface area contributed by atoms with Crippen LogP contribution in [0.3, 0.4) is 0 Å². The Bertz CT molecular complexity index is 1450. The molecule has 2 unspecified atom stereocenters. The molecule has 262 valence electrons. The van der Waals surface area contributed by atoms with Crippen molar-refractivity contribution in [3.63, 3.8) is 0 Å². The fraction of sp³-hybridized carbons (Fsp3) is 0.556. The molecule has 1 amide bonds. The summed E-state index contributed by atoms with van der Waals surface area (Å²) in [5.74, 6) is -0.301. The van der Waals surface area contributed by atoms with Crippen molar-refractivity contribution >= 4 is 30.3 Å². The third-order valence-electron chi connectivity index (χ3n) is 7.74. The third kappa shape index (κ3) is 12.9. The number of nitrogens with one attached hydrogen (secondary N) is 1. The number of alkyl carbamates (subject to hydrolysis) is 1. The van der Waals surface area contributed by atoms with Gasteiger partial charge in [-0.1, -0.05) is 17.2 Å². The van der Waals surface area contributed by atoms with Crippen LogP contribution in [0, 0.1) is 17.4 Å². The van der Waals surface area contributed by atoms with E-state index in [1.807, 2.05) is 45.6 Å². The van der Waals surface area contributed by atoms with Crippen LogP contribution in [0.5, 0.6) is 5.75 Å². The van der Waals surface area contributed by atoms with E-state index in [1.165, 1.54) is 11.6 Å². The first-order chi connectivity index (χ1) is 22.5. The summed E-state index contributed by atoms with van der Waals surface area (Å²) in [6.07, 6.45) is 5.65. The first kappa shape index (κ1) is 40.2. The Morgan fingerprint density at radius 3 is 2.52 bits per heavy atom. The summed E-state index contributed by atoms with van der Waals surface area (Å²) in [7, 11) is 1.15. The Kier molecular flexibility index (Phi) is 15.5.